The number of thioether (sulfide) groups is 1. The molecule has 3 rings (SSSR count). The summed E-state index contributed by atoms with van der Waals surface area (Å²) in [5, 5.41) is 16.2. The lowest BCUT2D eigenvalue weighted by Gasteiger charge is -2.15. The average molecular weight is 514 g/mol. The van der Waals surface area contributed by atoms with Crippen LogP contribution in [0.15, 0.2) is 82.2 Å². The third kappa shape index (κ3) is 6.41. The number of nitrogens with zero attached hydrogens (tertiary/aromatic N) is 1. The van der Waals surface area contributed by atoms with Gasteiger partial charge >= 0.3 is 0 Å². The fraction of sp³-hybridized carbons (Fsp3) is 0.130. The zero-order valence-electron chi connectivity index (χ0n) is 17.1. The molecule has 1 unspecified atom stereocenters. The Bertz CT molecular complexity index is 1120. The fourth-order valence-corrected chi connectivity index (χ4v) is 4.11. The summed E-state index contributed by atoms with van der Waals surface area (Å²) in [6.45, 7) is 1.94. The number of rotatable bonds is 8. The Hall–Kier alpha value is -3.17. The van der Waals surface area contributed by atoms with Crippen molar-refractivity contribution in [3.63, 3.8) is 0 Å². The molecule has 164 valence electrons. The molecule has 0 radical (unpaired) electrons. The van der Waals surface area contributed by atoms with Crippen molar-refractivity contribution >= 4 is 56.6 Å². The second-order valence-electron chi connectivity index (χ2n) is 6.80. The van der Waals surface area contributed by atoms with Crippen LogP contribution >= 0.6 is 27.7 Å². The Labute approximate surface area is 197 Å². The molecule has 0 aliphatic heterocycles. The highest BCUT2D eigenvalue weighted by Crippen LogP contribution is 2.29. The van der Waals surface area contributed by atoms with Crippen LogP contribution in [0.25, 0.3) is 0 Å². The molecule has 0 heterocycles. The van der Waals surface area contributed by atoms with Gasteiger partial charge in [-0.3, -0.25) is 19.7 Å². The third-order valence-electron chi connectivity index (χ3n) is 4.49. The minimum absolute atomic E-state index is 0.0769. The lowest BCUT2D eigenvalue weighted by molar-refractivity contribution is -0.384. The normalized spacial score (nSPS) is 11.4. The summed E-state index contributed by atoms with van der Waals surface area (Å²) in [6.07, 6.45) is 0.631. The highest BCUT2D eigenvalue weighted by atomic mass is 79.9. The molecule has 0 fully saturated rings. The van der Waals surface area contributed by atoms with Gasteiger partial charge in [0.25, 0.3) is 11.6 Å². The molecular formula is C23H20BrN3O4S. The minimum atomic E-state index is -0.514. The second kappa shape index (κ2) is 10.9. The van der Waals surface area contributed by atoms with Crippen LogP contribution in [0.1, 0.15) is 23.7 Å². The molecule has 0 saturated heterocycles. The van der Waals surface area contributed by atoms with E-state index < -0.39 is 4.92 Å². The Kier molecular flexibility index (Phi) is 8.02. The predicted octanol–water partition coefficient (Wildman–Crippen LogP) is 6.12. The maximum atomic E-state index is 12.7. The molecule has 0 aliphatic carbocycles. The monoisotopic (exact) mass is 513 g/mol. The maximum Gasteiger partial charge on any atom is 0.269 e. The van der Waals surface area contributed by atoms with E-state index in [4.69, 9.17) is 0 Å². The van der Waals surface area contributed by atoms with Crippen LogP contribution in [-0.2, 0) is 4.79 Å². The fourth-order valence-electron chi connectivity index (χ4n) is 2.83. The second-order valence-corrected chi connectivity index (χ2v) is 8.99. The molecule has 0 saturated carbocycles. The molecule has 2 N–H and O–H groups in total. The summed E-state index contributed by atoms with van der Waals surface area (Å²) >= 11 is 4.79. The van der Waals surface area contributed by atoms with Crippen molar-refractivity contribution in [3.05, 3.63) is 92.9 Å². The highest BCUT2D eigenvalue weighted by molar-refractivity contribution is 9.10. The van der Waals surface area contributed by atoms with Gasteiger partial charge in [-0.2, -0.15) is 0 Å². The highest BCUT2D eigenvalue weighted by Gasteiger charge is 2.18. The lowest BCUT2D eigenvalue weighted by Crippen LogP contribution is -2.24. The average Bonchev–Trinajstić information content (AvgIpc) is 2.79. The maximum absolute atomic E-state index is 12.7. The Balaban J connectivity index is 1.65. The largest absolute Gasteiger partial charge is 0.325 e. The molecule has 7 nitrogen and oxygen atoms in total. The van der Waals surface area contributed by atoms with Gasteiger partial charge in [0.2, 0.25) is 5.91 Å². The first-order chi connectivity index (χ1) is 15.4. The zero-order chi connectivity index (χ0) is 23.1. The van der Waals surface area contributed by atoms with E-state index in [1.807, 2.05) is 37.3 Å². The number of nitro groups is 1. The van der Waals surface area contributed by atoms with Crippen LogP contribution in [0, 0.1) is 10.1 Å². The summed E-state index contributed by atoms with van der Waals surface area (Å²) in [5.41, 5.74) is 1.53. The third-order valence-corrected chi connectivity index (χ3v) is 6.37. The Morgan fingerprint density at radius 2 is 1.69 bits per heavy atom. The standard InChI is InChI=1S/C23H20BrN3O4S/c1-2-21(23(29)25-17-10-8-16(24)9-11-17)32-20-5-3-4-18(14-20)26-22(28)15-6-12-19(13-7-15)27(30)31/h3-14,21H,2H2,1H3,(H,25,29)(H,26,28). The molecule has 2 amide bonds. The number of non-ortho nitro benzene ring substituents is 1. The quantitative estimate of drug-likeness (QED) is 0.214. The van der Waals surface area contributed by atoms with Gasteiger partial charge in [0, 0.05) is 38.4 Å². The number of carbonyl (C=O) groups excluding carboxylic acids is 2. The zero-order valence-corrected chi connectivity index (χ0v) is 19.5. The SMILES string of the molecule is CCC(Sc1cccc(NC(=O)c2ccc([N+](=O)[O-])cc2)c1)C(=O)Nc1ccc(Br)cc1. The van der Waals surface area contributed by atoms with Crippen LogP contribution in [0.4, 0.5) is 17.1 Å². The molecule has 32 heavy (non-hydrogen) atoms. The van der Waals surface area contributed by atoms with E-state index in [0.29, 0.717) is 17.7 Å². The van der Waals surface area contributed by atoms with E-state index in [2.05, 4.69) is 26.6 Å². The Morgan fingerprint density at radius 1 is 1.00 bits per heavy atom. The van der Waals surface area contributed by atoms with Gasteiger partial charge in [0.05, 0.1) is 10.2 Å². The van der Waals surface area contributed by atoms with Gasteiger partial charge in [0.1, 0.15) is 0 Å². The van der Waals surface area contributed by atoms with Gasteiger partial charge in [0.15, 0.2) is 0 Å². The van der Waals surface area contributed by atoms with E-state index in [-0.39, 0.29) is 22.8 Å². The van der Waals surface area contributed by atoms with E-state index in [1.165, 1.54) is 36.0 Å². The van der Waals surface area contributed by atoms with Gasteiger partial charge in [-0.15, -0.1) is 11.8 Å². The van der Waals surface area contributed by atoms with E-state index in [1.54, 1.807) is 18.2 Å². The number of nitrogens with one attached hydrogen (secondary N) is 2. The molecule has 0 aromatic heterocycles. The van der Waals surface area contributed by atoms with Crippen molar-refractivity contribution < 1.29 is 14.5 Å². The number of carbonyl (C=O) groups is 2. The molecule has 0 aliphatic rings. The van der Waals surface area contributed by atoms with Crippen molar-refractivity contribution in [1.82, 2.24) is 0 Å². The van der Waals surface area contributed by atoms with Gasteiger partial charge in [-0.05, 0) is 61.0 Å². The number of nitro benzene ring substituents is 1. The Morgan fingerprint density at radius 3 is 2.31 bits per heavy atom. The number of hydrogen-bond acceptors (Lipinski definition) is 5. The molecule has 3 aromatic rings. The molecule has 3 aromatic carbocycles. The molecular weight excluding hydrogens is 494 g/mol. The number of benzene rings is 3. The van der Waals surface area contributed by atoms with E-state index in [9.17, 15) is 19.7 Å². The number of anilines is 2. The predicted molar refractivity (Wildman–Crippen MR) is 130 cm³/mol. The van der Waals surface area contributed by atoms with Crippen LogP contribution in [0.3, 0.4) is 0 Å². The van der Waals surface area contributed by atoms with Crippen LogP contribution < -0.4 is 10.6 Å². The van der Waals surface area contributed by atoms with Crippen molar-refractivity contribution in [2.45, 2.75) is 23.5 Å². The number of amides is 2. The summed E-state index contributed by atoms with van der Waals surface area (Å²) in [4.78, 5) is 36.2. The smallest absolute Gasteiger partial charge is 0.269 e. The van der Waals surface area contributed by atoms with Crippen molar-refractivity contribution in [3.8, 4) is 0 Å². The van der Waals surface area contributed by atoms with Crippen molar-refractivity contribution in [1.29, 1.82) is 0 Å². The summed E-state index contributed by atoms with van der Waals surface area (Å²) in [5.74, 6) is -0.470. The first-order valence-electron chi connectivity index (χ1n) is 9.74. The molecule has 0 spiro atoms. The first-order valence-corrected chi connectivity index (χ1v) is 11.4. The minimum Gasteiger partial charge on any atom is -0.325 e. The molecule has 9 heteroatoms. The summed E-state index contributed by atoms with van der Waals surface area (Å²) in [6, 6.07) is 20.0. The van der Waals surface area contributed by atoms with E-state index in [0.717, 1.165) is 15.1 Å². The van der Waals surface area contributed by atoms with Crippen molar-refractivity contribution in [2.24, 2.45) is 0 Å². The first kappa shape index (κ1) is 23.5. The van der Waals surface area contributed by atoms with Crippen molar-refractivity contribution in [2.75, 3.05) is 10.6 Å². The van der Waals surface area contributed by atoms with Crippen LogP contribution in [0.2, 0.25) is 0 Å². The molecule has 1 atom stereocenters. The van der Waals surface area contributed by atoms with Crippen LogP contribution in [0.5, 0.6) is 0 Å². The van der Waals surface area contributed by atoms with Gasteiger partial charge in [-0.25, -0.2) is 0 Å². The summed E-state index contributed by atoms with van der Waals surface area (Å²) in [7, 11) is 0. The van der Waals surface area contributed by atoms with Gasteiger partial charge in [-0.1, -0.05) is 28.9 Å². The van der Waals surface area contributed by atoms with Crippen LogP contribution in [-0.4, -0.2) is 22.0 Å². The molecule has 0 bridgehead atoms. The number of halogens is 1. The summed E-state index contributed by atoms with van der Waals surface area (Å²) < 4.78 is 0.935. The van der Waals surface area contributed by atoms with Gasteiger partial charge < -0.3 is 10.6 Å². The topological polar surface area (TPSA) is 101 Å². The van der Waals surface area contributed by atoms with E-state index >= 15 is 0 Å². The lowest BCUT2D eigenvalue weighted by atomic mass is 10.2. The number of hydrogen-bond donors (Lipinski definition) is 2.